The number of ether oxygens (including phenoxy) is 2. The molecule has 0 aromatic heterocycles. The van der Waals surface area contributed by atoms with Gasteiger partial charge >= 0.3 is 0 Å². The van der Waals surface area contributed by atoms with Crippen molar-refractivity contribution >= 4 is 22.9 Å². The second kappa shape index (κ2) is 7.93. The number of thioether (sulfide) groups is 1. The van der Waals surface area contributed by atoms with Gasteiger partial charge in [0.05, 0.1) is 14.2 Å². The Morgan fingerprint density at radius 2 is 2.09 bits per heavy atom. The third-order valence-electron chi connectivity index (χ3n) is 3.39. The lowest BCUT2D eigenvalue weighted by Crippen LogP contribution is -2.30. The van der Waals surface area contributed by atoms with E-state index in [9.17, 15) is 9.59 Å². The maximum atomic E-state index is 11.8. The zero-order valence-corrected chi connectivity index (χ0v) is 13.6. The summed E-state index contributed by atoms with van der Waals surface area (Å²) in [6.07, 6.45) is 0.319. The summed E-state index contributed by atoms with van der Waals surface area (Å²) in [7, 11) is 3.16. The number of benzene rings is 1. The highest BCUT2D eigenvalue weighted by Crippen LogP contribution is 2.27. The van der Waals surface area contributed by atoms with Crippen LogP contribution in [0.3, 0.4) is 0 Å². The minimum Gasteiger partial charge on any atom is -0.493 e. The first-order valence-electron chi connectivity index (χ1n) is 7.03. The number of carbonyl (C=O) groups excluding carboxylic acids is 2. The van der Waals surface area contributed by atoms with E-state index in [0.717, 1.165) is 17.9 Å². The summed E-state index contributed by atoms with van der Waals surface area (Å²) in [5, 5.41) is 2.91. The molecule has 1 N–H and O–H groups in total. The molecule has 2 amide bonds. The summed E-state index contributed by atoms with van der Waals surface area (Å²) in [6.45, 7) is 1.62. The smallest absolute Gasteiger partial charge is 0.281 e. The van der Waals surface area contributed by atoms with E-state index in [1.165, 1.54) is 11.8 Å². The quantitative estimate of drug-likeness (QED) is 0.829. The van der Waals surface area contributed by atoms with E-state index in [1.54, 1.807) is 25.2 Å². The van der Waals surface area contributed by atoms with Crippen LogP contribution in [0.15, 0.2) is 18.2 Å². The maximum absolute atomic E-state index is 11.8. The standard InChI is InChI=1S/C15H20N2O4S/c1-20-12-4-3-11(9-13(12)21-2)10-16-14(18)5-6-17-7-8-22-15(17)19/h3-4,9H,5-8,10H2,1-2H3,(H,16,18). The molecule has 1 saturated heterocycles. The molecule has 0 aliphatic carbocycles. The Balaban J connectivity index is 1.79. The molecule has 1 aliphatic rings. The van der Waals surface area contributed by atoms with Gasteiger partial charge in [0.1, 0.15) is 0 Å². The second-order valence-electron chi connectivity index (χ2n) is 4.82. The fourth-order valence-corrected chi connectivity index (χ4v) is 3.00. The molecular formula is C15H20N2O4S. The van der Waals surface area contributed by atoms with Crippen LogP contribution in [0.1, 0.15) is 12.0 Å². The first-order chi connectivity index (χ1) is 10.6. The third-order valence-corrected chi connectivity index (χ3v) is 4.28. The van der Waals surface area contributed by atoms with Crippen LogP contribution >= 0.6 is 11.8 Å². The van der Waals surface area contributed by atoms with Gasteiger partial charge in [-0.1, -0.05) is 17.8 Å². The molecule has 1 aromatic carbocycles. The van der Waals surface area contributed by atoms with Crippen LogP contribution < -0.4 is 14.8 Å². The number of nitrogens with zero attached hydrogens (tertiary/aromatic N) is 1. The number of nitrogens with one attached hydrogen (secondary N) is 1. The van der Waals surface area contributed by atoms with Gasteiger partial charge in [0.25, 0.3) is 5.24 Å². The van der Waals surface area contributed by atoms with Crippen LogP contribution in [0.5, 0.6) is 11.5 Å². The molecule has 1 aliphatic heterocycles. The molecule has 1 fully saturated rings. The van der Waals surface area contributed by atoms with Crippen molar-refractivity contribution in [2.75, 3.05) is 33.1 Å². The first-order valence-corrected chi connectivity index (χ1v) is 8.02. The maximum Gasteiger partial charge on any atom is 0.281 e. The topological polar surface area (TPSA) is 67.9 Å². The summed E-state index contributed by atoms with van der Waals surface area (Å²) in [6, 6.07) is 5.52. The molecule has 0 spiro atoms. The first kappa shape index (κ1) is 16.5. The van der Waals surface area contributed by atoms with Crippen LogP contribution in [-0.2, 0) is 11.3 Å². The van der Waals surface area contributed by atoms with Crippen molar-refractivity contribution in [3.63, 3.8) is 0 Å². The Kier molecular flexibility index (Phi) is 5.94. The van der Waals surface area contributed by atoms with Gasteiger partial charge in [-0.3, -0.25) is 9.59 Å². The molecule has 0 radical (unpaired) electrons. The van der Waals surface area contributed by atoms with Gasteiger partial charge < -0.3 is 19.7 Å². The van der Waals surface area contributed by atoms with Gasteiger partial charge in [-0.15, -0.1) is 0 Å². The van der Waals surface area contributed by atoms with Crippen LogP contribution in [0.4, 0.5) is 4.79 Å². The van der Waals surface area contributed by atoms with E-state index in [2.05, 4.69) is 5.32 Å². The molecular weight excluding hydrogens is 304 g/mol. The van der Waals surface area contributed by atoms with Crippen LogP contribution in [-0.4, -0.2) is 49.1 Å². The lowest BCUT2D eigenvalue weighted by molar-refractivity contribution is -0.121. The van der Waals surface area contributed by atoms with E-state index in [1.807, 2.05) is 12.1 Å². The minimum atomic E-state index is -0.0699. The van der Waals surface area contributed by atoms with Gasteiger partial charge in [0.15, 0.2) is 11.5 Å². The van der Waals surface area contributed by atoms with E-state index in [-0.39, 0.29) is 11.1 Å². The summed E-state index contributed by atoms with van der Waals surface area (Å²) in [4.78, 5) is 25.0. The molecule has 1 heterocycles. The molecule has 7 heteroatoms. The zero-order chi connectivity index (χ0) is 15.9. The molecule has 2 rings (SSSR count). The summed E-state index contributed by atoms with van der Waals surface area (Å²) >= 11 is 1.30. The second-order valence-corrected chi connectivity index (χ2v) is 5.86. The average Bonchev–Trinajstić information content (AvgIpc) is 2.95. The number of amides is 2. The predicted molar refractivity (Wildman–Crippen MR) is 85.4 cm³/mol. The minimum absolute atomic E-state index is 0.0627. The molecule has 0 unspecified atom stereocenters. The van der Waals surface area contributed by atoms with Crippen molar-refractivity contribution in [2.24, 2.45) is 0 Å². The van der Waals surface area contributed by atoms with E-state index < -0.39 is 0 Å². The van der Waals surface area contributed by atoms with Gasteiger partial charge in [-0.05, 0) is 17.7 Å². The Morgan fingerprint density at radius 3 is 2.73 bits per heavy atom. The number of methoxy groups -OCH3 is 2. The highest BCUT2D eigenvalue weighted by Gasteiger charge is 2.21. The Bertz CT molecular complexity index is 550. The van der Waals surface area contributed by atoms with Crippen molar-refractivity contribution in [1.29, 1.82) is 0 Å². The lowest BCUT2D eigenvalue weighted by Gasteiger charge is -2.14. The third kappa shape index (κ3) is 4.30. The fourth-order valence-electron chi connectivity index (χ4n) is 2.14. The fraction of sp³-hybridized carbons (Fsp3) is 0.467. The number of hydrogen-bond acceptors (Lipinski definition) is 5. The molecule has 0 bridgehead atoms. The average molecular weight is 324 g/mol. The van der Waals surface area contributed by atoms with E-state index in [0.29, 0.717) is 31.0 Å². The van der Waals surface area contributed by atoms with Crippen molar-refractivity contribution in [3.05, 3.63) is 23.8 Å². The molecule has 6 nitrogen and oxygen atoms in total. The van der Waals surface area contributed by atoms with Crippen molar-refractivity contribution in [3.8, 4) is 11.5 Å². The number of rotatable bonds is 7. The van der Waals surface area contributed by atoms with E-state index >= 15 is 0 Å². The lowest BCUT2D eigenvalue weighted by atomic mass is 10.2. The SMILES string of the molecule is COc1ccc(CNC(=O)CCN2CCSC2=O)cc1OC. The predicted octanol–water partition coefficient (Wildman–Crippen LogP) is 1.88. The van der Waals surface area contributed by atoms with Gasteiger partial charge in [0.2, 0.25) is 5.91 Å². The monoisotopic (exact) mass is 324 g/mol. The molecule has 0 saturated carbocycles. The number of hydrogen-bond donors (Lipinski definition) is 1. The highest BCUT2D eigenvalue weighted by atomic mass is 32.2. The van der Waals surface area contributed by atoms with Gasteiger partial charge in [0, 0.05) is 31.8 Å². The Morgan fingerprint density at radius 1 is 1.32 bits per heavy atom. The normalized spacial score (nSPS) is 14.1. The van der Waals surface area contributed by atoms with Gasteiger partial charge in [-0.2, -0.15) is 0 Å². The van der Waals surface area contributed by atoms with Crippen LogP contribution in [0, 0.1) is 0 Å². The Hall–Kier alpha value is -1.89. The summed E-state index contributed by atoms with van der Waals surface area (Å²) < 4.78 is 10.4. The largest absolute Gasteiger partial charge is 0.493 e. The van der Waals surface area contributed by atoms with Crippen molar-refractivity contribution in [2.45, 2.75) is 13.0 Å². The highest BCUT2D eigenvalue weighted by molar-refractivity contribution is 8.13. The molecule has 1 aromatic rings. The summed E-state index contributed by atoms with van der Waals surface area (Å²) in [5.41, 5.74) is 0.929. The molecule has 120 valence electrons. The molecule has 0 atom stereocenters. The number of carbonyl (C=O) groups is 2. The summed E-state index contributed by atoms with van der Waals surface area (Å²) in [5.74, 6) is 2.03. The zero-order valence-electron chi connectivity index (χ0n) is 12.8. The van der Waals surface area contributed by atoms with Crippen molar-refractivity contribution < 1.29 is 19.1 Å². The van der Waals surface area contributed by atoms with E-state index in [4.69, 9.17) is 9.47 Å². The van der Waals surface area contributed by atoms with Crippen LogP contribution in [0.25, 0.3) is 0 Å². The Labute approximate surface area is 134 Å². The van der Waals surface area contributed by atoms with Gasteiger partial charge in [-0.25, -0.2) is 0 Å². The van der Waals surface area contributed by atoms with Crippen LogP contribution in [0.2, 0.25) is 0 Å². The van der Waals surface area contributed by atoms with Crippen molar-refractivity contribution in [1.82, 2.24) is 10.2 Å². The molecule has 22 heavy (non-hydrogen) atoms.